The van der Waals surface area contributed by atoms with Crippen molar-refractivity contribution < 1.29 is 9.53 Å². The zero-order valence-electron chi connectivity index (χ0n) is 12.5. The normalized spacial score (nSPS) is 17.0. The van der Waals surface area contributed by atoms with Crippen molar-refractivity contribution in [3.63, 3.8) is 0 Å². The molecule has 114 valence electrons. The third-order valence-electron chi connectivity index (χ3n) is 4.21. The first-order chi connectivity index (χ1) is 10.7. The molecule has 0 fully saturated rings. The van der Waals surface area contributed by atoms with E-state index in [0.717, 1.165) is 24.2 Å². The molecular formula is C18H18ClNO2. The molecule has 4 heteroatoms. The average Bonchev–Trinajstić information content (AvgIpc) is 2.55. The van der Waals surface area contributed by atoms with Gasteiger partial charge in [0, 0.05) is 6.54 Å². The molecule has 1 atom stereocenters. The first-order valence-electron chi connectivity index (χ1n) is 7.36. The SMILES string of the molecule is COc1ccc2c(c1)CCN(C(=O)Cl)C2Cc1ccccc1. The van der Waals surface area contributed by atoms with Gasteiger partial charge in [0.2, 0.25) is 0 Å². The second-order valence-electron chi connectivity index (χ2n) is 5.47. The van der Waals surface area contributed by atoms with E-state index in [-0.39, 0.29) is 11.4 Å². The standard InChI is InChI=1S/C18H18ClNO2/c1-22-15-7-8-16-14(12-15)9-10-20(18(19)21)17(16)11-13-5-3-2-4-6-13/h2-8,12,17H,9-11H2,1H3. The van der Waals surface area contributed by atoms with E-state index in [0.29, 0.717) is 6.54 Å². The molecule has 3 nitrogen and oxygen atoms in total. The number of amides is 1. The third kappa shape index (κ3) is 2.95. The molecule has 0 bridgehead atoms. The van der Waals surface area contributed by atoms with Gasteiger partial charge in [0.15, 0.2) is 0 Å². The summed E-state index contributed by atoms with van der Waals surface area (Å²) in [5.74, 6) is 0.850. The lowest BCUT2D eigenvalue weighted by Gasteiger charge is -2.36. The summed E-state index contributed by atoms with van der Waals surface area (Å²) in [5, 5.41) is -0.387. The maximum absolute atomic E-state index is 11.8. The van der Waals surface area contributed by atoms with E-state index in [1.807, 2.05) is 30.3 Å². The minimum atomic E-state index is -0.387. The van der Waals surface area contributed by atoms with Gasteiger partial charge in [-0.25, -0.2) is 0 Å². The second-order valence-corrected chi connectivity index (χ2v) is 5.79. The number of carbonyl (C=O) groups excluding carboxylic acids is 1. The molecule has 0 saturated heterocycles. The van der Waals surface area contributed by atoms with Crippen molar-refractivity contribution in [2.45, 2.75) is 18.9 Å². The monoisotopic (exact) mass is 315 g/mol. The summed E-state index contributed by atoms with van der Waals surface area (Å²) in [4.78, 5) is 13.6. The van der Waals surface area contributed by atoms with Crippen LogP contribution >= 0.6 is 11.6 Å². The molecule has 1 amide bonds. The van der Waals surface area contributed by atoms with Gasteiger partial charge in [0.25, 0.3) is 0 Å². The summed E-state index contributed by atoms with van der Waals surface area (Å²) in [6.45, 7) is 0.639. The topological polar surface area (TPSA) is 29.5 Å². The highest BCUT2D eigenvalue weighted by Gasteiger charge is 2.30. The molecular weight excluding hydrogens is 298 g/mol. The number of ether oxygens (including phenoxy) is 1. The summed E-state index contributed by atoms with van der Waals surface area (Å²) in [6, 6.07) is 16.2. The quantitative estimate of drug-likeness (QED) is 0.627. The zero-order valence-corrected chi connectivity index (χ0v) is 13.2. The number of benzene rings is 2. The van der Waals surface area contributed by atoms with E-state index in [2.05, 4.69) is 18.2 Å². The van der Waals surface area contributed by atoms with Crippen LogP contribution in [0.15, 0.2) is 48.5 Å². The maximum atomic E-state index is 11.8. The first-order valence-corrected chi connectivity index (χ1v) is 7.73. The van der Waals surface area contributed by atoms with Crippen molar-refractivity contribution in [1.29, 1.82) is 0 Å². The van der Waals surface area contributed by atoms with Crippen molar-refractivity contribution in [3.05, 3.63) is 65.2 Å². The summed E-state index contributed by atoms with van der Waals surface area (Å²) < 4.78 is 5.30. The van der Waals surface area contributed by atoms with Crippen LogP contribution in [0.4, 0.5) is 4.79 Å². The van der Waals surface area contributed by atoms with Crippen molar-refractivity contribution in [1.82, 2.24) is 4.90 Å². The fraction of sp³-hybridized carbons (Fsp3) is 0.278. The van der Waals surface area contributed by atoms with Crippen molar-refractivity contribution in [2.75, 3.05) is 13.7 Å². The van der Waals surface area contributed by atoms with Crippen LogP contribution in [0.1, 0.15) is 22.7 Å². The van der Waals surface area contributed by atoms with Crippen molar-refractivity contribution >= 4 is 17.0 Å². The fourth-order valence-electron chi connectivity index (χ4n) is 3.08. The van der Waals surface area contributed by atoms with Crippen LogP contribution in [0, 0.1) is 0 Å². The Labute approximate surface area is 135 Å². The summed E-state index contributed by atoms with van der Waals surface area (Å²) in [5.41, 5.74) is 3.58. The Balaban J connectivity index is 1.97. The van der Waals surface area contributed by atoms with Crippen LogP contribution in [-0.2, 0) is 12.8 Å². The number of rotatable bonds is 3. The first kappa shape index (κ1) is 14.9. The van der Waals surface area contributed by atoms with Gasteiger partial charge in [0.05, 0.1) is 13.2 Å². The smallest absolute Gasteiger partial charge is 0.316 e. The summed E-state index contributed by atoms with van der Waals surface area (Å²) >= 11 is 5.80. The fourth-order valence-corrected chi connectivity index (χ4v) is 3.29. The predicted molar refractivity (Wildman–Crippen MR) is 87.5 cm³/mol. The number of hydrogen-bond acceptors (Lipinski definition) is 2. The third-order valence-corrected chi connectivity index (χ3v) is 4.42. The van der Waals surface area contributed by atoms with E-state index in [1.54, 1.807) is 12.0 Å². The molecule has 0 N–H and O–H groups in total. The minimum Gasteiger partial charge on any atom is -0.497 e. The highest BCUT2D eigenvalue weighted by molar-refractivity contribution is 6.62. The van der Waals surface area contributed by atoms with Crippen LogP contribution in [0.2, 0.25) is 0 Å². The Bertz CT molecular complexity index is 672. The molecule has 2 aromatic rings. The Kier molecular flexibility index (Phi) is 4.34. The second kappa shape index (κ2) is 6.41. The van der Waals surface area contributed by atoms with Gasteiger partial charge >= 0.3 is 5.37 Å². The maximum Gasteiger partial charge on any atom is 0.316 e. The number of methoxy groups -OCH3 is 1. The van der Waals surface area contributed by atoms with E-state index in [9.17, 15) is 4.79 Å². The largest absolute Gasteiger partial charge is 0.497 e. The van der Waals surface area contributed by atoms with Gasteiger partial charge in [-0.2, -0.15) is 0 Å². The number of nitrogens with zero attached hydrogens (tertiary/aromatic N) is 1. The van der Waals surface area contributed by atoms with Gasteiger partial charge in [-0.1, -0.05) is 36.4 Å². The van der Waals surface area contributed by atoms with Crippen LogP contribution in [0.25, 0.3) is 0 Å². The highest BCUT2D eigenvalue weighted by Crippen LogP contribution is 2.35. The Morgan fingerprint density at radius 3 is 2.73 bits per heavy atom. The van der Waals surface area contributed by atoms with E-state index in [4.69, 9.17) is 16.3 Å². The summed E-state index contributed by atoms with van der Waals surface area (Å²) in [6.07, 6.45) is 1.56. The van der Waals surface area contributed by atoms with Gasteiger partial charge < -0.3 is 9.64 Å². The minimum absolute atomic E-state index is 0.0259. The zero-order chi connectivity index (χ0) is 15.5. The van der Waals surface area contributed by atoms with Crippen LogP contribution in [0.5, 0.6) is 5.75 Å². The number of halogens is 1. The molecule has 1 aliphatic rings. The van der Waals surface area contributed by atoms with Crippen LogP contribution in [0.3, 0.4) is 0 Å². The molecule has 22 heavy (non-hydrogen) atoms. The molecule has 0 spiro atoms. The molecule has 1 aliphatic heterocycles. The highest BCUT2D eigenvalue weighted by atomic mass is 35.5. The number of carbonyl (C=O) groups is 1. The Morgan fingerprint density at radius 2 is 2.05 bits per heavy atom. The van der Waals surface area contributed by atoms with E-state index >= 15 is 0 Å². The molecule has 0 saturated carbocycles. The molecule has 0 radical (unpaired) electrons. The average molecular weight is 316 g/mol. The van der Waals surface area contributed by atoms with Gasteiger partial charge in [-0.05, 0) is 53.3 Å². The molecule has 3 rings (SSSR count). The Morgan fingerprint density at radius 1 is 1.27 bits per heavy atom. The lowest BCUT2D eigenvalue weighted by molar-refractivity contribution is 0.192. The number of fused-ring (bicyclic) bond motifs is 1. The lowest BCUT2D eigenvalue weighted by atomic mass is 9.89. The van der Waals surface area contributed by atoms with Crippen molar-refractivity contribution in [2.24, 2.45) is 0 Å². The van der Waals surface area contributed by atoms with Crippen LogP contribution < -0.4 is 4.74 Å². The number of hydrogen-bond donors (Lipinski definition) is 0. The van der Waals surface area contributed by atoms with E-state index in [1.165, 1.54) is 11.1 Å². The lowest BCUT2D eigenvalue weighted by Crippen LogP contribution is -2.38. The Hall–Kier alpha value is -2.00. The molecule has 1 unspecified atom stereocenters. The van der Waals surface area contributed by atoms with Crippen molar-refractivity contribution in [3.8, 4) is 5.75 Å². The summed E-state index contributed by atoms with van der Waals surface area (Å²) in [7, 11) is 1.67. The molecule has 1 heterocycles. The molecule has 0 aromatic heterocycles. The van der Waals surface area contributed by atoms with Gasteiger partial charge in [-0.15, -0.1) is 0 Å². The molecule has 0 aliphatic carbocycles. The van der Waals surface area contributed by atoms with Gasteiger partial charge in [0.1, 0.15) is 5.75 Å². The van der Waals surface area contributed by atoms with E-state index < -0.39 is 0 Å². The molecule has 2 aromatic carbocycles. The van der Waals surface area contributed by atoms with Crippen LogP contribution in [-0.4, -0.2) is 23.9 Å². The van der Waals surface area contributed by atoms with Gasteiger partial charge in [-0.3, -0.25) is 4.79 Å². The predicted octanol–water partition coefficient (Wildman–Crippen LogP) is 4.20.